The Morgan fingerprint density at radius 1 is 1.00 bits per heavy atom. The number of nitrogens with zero attached hydrogens (tertiary/aromatic N) is 5. The zero-order valence-electron chi connectivity index (χ0n) is 21.5. The molecule has 36 heavy (non-hydrogen) atoms. The van der Waals surface area contributed by atoms with E-state index in [1.165, 1.54) is 11.3 Å². The molecule has 1 amide bonds. The van der Waals surface area contributed by atoms with Crippen molar-refractivity contribution in [2.45, 2.75) is 33.2 Å². The highest BCUT2D eigenvalue weighted by Crippen LogP contribution is 2.26. The minimum atomic E-state index is -0.136. The third kappa shape index (κ3) is 4.97. The van der Waals surface area contributed by atoms with Gasteiger partial charge in [-0.3, -0.25) is 14.4 Å². The SMILES string of the molecule is Cc1nn(C)c2nc(C(C)C)cc(C(=O)Nc3ccc(N4CCN(Cc5ccccc5)CC4)cc3)c12. The number of nitrogens with one attached hydrogen (secondary N) is 1. The molecule has 4 aromatic rings. The monoisotopic (exact) mass is 482 g/mol. The quantitative estimate of drug-likeness (QED) is 0.420. The molecule has 0 saturated carbocycles. The van der Waals surface area contributed by atoms with Gasteiger partial charge in [0.05, 0.1) is 16.6 Å². The number of fused-ring (bicyclic) bond motifs is 1. The number of carbonyl (C=O) groups excluding carboxylic acids is 1. The zero-order valence-corrected chi connectivity index (χ0v) is 21.5. The lowest BCUT2D eigenvalue weighted by Crippen LogP contribution is -2.45. The second-order valence-electron chi connectivity index (χ2n) is 9.91. The number of piperazine rings is 1. The second-order valence-corrected chi connectivity index (χ2v) is 9.91. The molecule has 0 unspecified atom stereocenters. The Labute approximate surface area is 212 Å². The minimum absolute atomic E-state index is 0.136. The molecular weight excluding hydrogens is 448 g/mol. The average molecular weight is 483 g/mol. The topological polar surface area (TPSA) is 66.3 Å². The number of pyridine rings is 1. The lowest BCUT2D eigenvalue weighted by Gasteiger charge is -2.36. The van der Waals surface area contributed by atoms with Crippen LogP contribution in [-0.4, -0.2) is 51.8 Å². The summed E-state index contributed by atoms with van der Waals surface area (Å²) in [5.74, 6) is 0.0753. The van der Waals surface area contributed by atoms with Gasteiger partial charge in [0.1, 0.15) is 0 Å². The Hall–Kier alpha value is -3.71. The number of rotatable bonds is 6. The standard InChI is InChI=1S/C29H34N6O/c1-20(2)26-18-25(27-21(3)32-33(4)28(27)31-26)29(36)30-23-10-12-24(13-11-23)35-16-14-34(15-17-35)19-22-8-6-5-7-9-22/h5-13,18,20H,14-17,19H2,1-4H3,(H,30,36). The van der Waals surface area contributed by atoms with E-state index in [0.29, 0.717) is 5.56 Å². The lowest BCUT2D eigenvalue weighted by molar-refractivity contribution is 0.102. The highest BCUT2D eigenvalue weighted by molar-refractivity contribution is 6.12. The first-order chi connectivity index (χ1) is 17.4. The van der Waals surface area contributed by atoms with Crippen LogP contribution in [0.4, 0.5) is 11.4 Å². The van der Waals surface area contributed by atoms with Gasteiger partial charge in [-0.1, -0.05) is 44.2 Å². The fourth-order valence-corrected chi connectivity index (χ4v) is 4.90. The van der Waals surface area contributed by atoms with E-state index in [9.17, 15) is 4.79 Å². The first kappa shape index (κ1) is 24.0. The Morgan fingerprint density at radius 2 is 1.69 bits per heavy atom. The average Bonchev–Trinajstić information content (AvgIpc) is 3.18. The van der Waals surface area contributed by atoms with Gasteiger partial charge in [0.25, 0.3) is 5.91 Å². The number of benzene rings is 2. The summed E-state index contributed by atoms with van der Waals surface area (Å²) < 4.78 is 1.75. The summed E-state index contributed by atoms with van der Waals surface area (Å²) in [6.45, 7) is 11.1. The molecule has 1 aliphatic rings. The van der Waals surface area contributed by atoms with E-state index in [1.807, 2.05) is 32.2 Å². The summed E-state index contributed by atoms with van der Waals surface area (Å²) in [6.07, 6.45) is 0. The lowest BCUT2D eigenvalue weighted by atomic mass is 10.0. The van der Waals surface area contributed by atoms with Crippen molar-refractivity contribution in [3.05, 3.63) is 83.2 Å². The molecule has 0 atom stereocenters. The van der Waals surface area contributed by atoms with E-state index in [0.717, 1.165) is 60.8 Å². The third-order valence-electron chi connectivity index (χ3n) is 6.94. The molecule has 3 heterocycles. The first-order valence-electron chi connectivity index (χ1n) is 12.7. The summed E-state index contributed by atoms with van der Waals surface area (Å²) in [7, 11) is 1.87. The number of anilines is 2. The molecule has 7 nitrogen and oxygen atoms in total. The van der Waals surface area contributed by atoms with Crippen LogP contribution in [0.5, 0.6) is 0 Å². The number of aryl methyl sites for hydroxylation is 2. The number of aromatic nitrogens is 3. The van der Waals surface area contributed by atoms with Gasteiger partial charge in [0.2, 0.25) is 0 Å². The zero-order chi connectivity index (χ0) is 25.2. The van der Waals surface area contributed by atoms with Crippen LogP contribution in [0.1, 0.15) is 47.1 Å². The van der Waals surface area contributed by atoms with Gasteiger partial charge in [-0.15, -0.1) is 0 Å². The summed E-state index contributed by atoms with van der Waals surface area (Å²) >= 11 is 0. The molecule has 5 rings (SSSR count). The van der Waals surface area contributed by atoms with Gasteiger partial charge in [0, 0.05) is 56.8 Å². The largest absolute Gasteiger partial charge is 0.369 e. The maximum atomic E-state index is 13.3. The Balaban J connectivity index is 1.26. The maximum absolute atomic E-state index is 13.3. The number of amides is 1. The van der Waals surface area contributed by atoms with Gasteiger partial charge >= 0.3 is 0 Å². The van der Waals surface area contributed by atoms with Crippen molar-refractivity contribution >= 4 is 28.3 Å². The fraction of sp³-hybridized carbons (Fsp3) is 0.345. The van der Waals surface area contributed by atoms with E-state index in [-0.39, 0.29) is 11.8 Å². The van der Waals surface area contributed by atoms with Crippen molar-refractivity contribution in [1.29, 1.82) is 0 Å². The van der Waals surface area contributed by atoms with Gasteiger partial charge in [-0.05, 0) is 48.7 Å². The molecule has 2 aromatic heterocycles. The van der Waals surface area contributed by atoms with Crippen LogP contribution in [0.2, 0.25) is 0 Å². The van der Waals surface area contributed by atoms with Gasteiger partial charge in [0.15, 0.2) is 5.65 Å². The summed E-state index contributed by atoms with van der Waals surface area (Å²) in [5.41, 5.74) is 6.38. The predicted octanol–water partition coefficient (Wildman–Crippen LogP) is 4.97. The van der Waals surface area contributed by atoms with E-state index in [2.05, 4.69) is 76.5 Å². The Bertz CT molecular complexity index is 1350. The van der Waals surface area contributed by atoms with E-state index in [4.69, 9.17) is 4.98 Å². The molecule has 1 fully saturated rings. The molecule has 0 bridgehead atoms. The summed E-state index contributed by atoms with van der Waals surface area (Å²) in [6, 6.07) is 20.7. The number of hydrogen-bond donors (Lipinski definition) is 1. The van der Waals surface area contributed by atoms with E-state index in [1.54, 1.807) is 4.68 Å². The Kier molecular flexibility index (Phi) is 6.74. The summed E-state index contributed by atoms with van der Waals surface area (Å²) in [5, 5.41) is 8.39. The second kappa shape index (κ2) is 10.1. The van der Waals surface area contributed by atoms with Crippen molar-refractivity contribution in [2.75, 3.05) is 36.4 Å². The molecular formula is C29H34N6O. The summed E-state index contributed by atoms with van der Waals surface area (Å²) in [4.78, 5) is 23.0. The molecule has 1 N–H and O–H groups in total. The highest BCUT2D eigenvalue weighted by atomic mass is 16.1. The van der Waals surface area contributed by atoms with Crippen molar-refractivity contribution in [1.82, 2.24) is 19.7 Å². The van der Waals surface area contributed by atoms with Crippen LogP contribution in [0.3, 0.4) is 0 Å². The molecule has 1 aliphatic heterocycles. The highest BCUT2D eigenvalue weighted by Gasteiger charge is 2.21. The molecule has 0 aliphatic carbocycles. The van der Waals surface area contributed by atoms with Gasteiger partial charge in [-0.2, -0.15) is 5.10 Å². The molecule has 186 valence electrons. The van der Waals surface area contributed by atoms with Crippen molar-refractivity contribution in [2.24, 2.45) is 7.05 Å². The number of carbonyl (C=O) groups is 1. The Morgan fingerprint density at radius 3 is 2.36 bits per heavy atom. The van der Waals surface area contributed by atoms with Crippen LogP contribution in [0, 0.1) is 6.92 Å². The smallest absolute Gasteiger partial charge is 0.256 e. The number of hydrogen-bond acceptors (Lipinski definition) is 5. The first-order valence-corrected chi connectivity index (χ1v) is 12.7. The van der Waals surface area contributed by atoms with Gasteiger partial charge in [-0.25, -0.2) is 4.98 Å². The van der Waals surface area contributed by atoms with Crippen molar-refractivity contribution < 1.29 is 4.79 Å². The predicted molar refractivity (Wildman–Crippen MR) is 146 cm³/mol. The molecule has 0 radical (unpaired) electrons. The van der Waals surface area contributed by atoms with Crippen LogP contribution >= 0.6 is 0 Å². The molecule has 2 aromatic carbocycles. The molecule has 0 spiro atoms. The van der Waals surface area contributed by atoms with Gasteiger partial charge < -0.3 is 10.2 Å². The fourth-order valence-electron chi connectivity index (χ4n) is 4.90. The van der Waals surface area contributed by atoms with Crippen LogP contribution in [-0.2, 0) is 13.6 Å². The normalized spacial score (nSPS) is 14.5. The van der Waals surface area contributed by atoms with Crippen LogP contribution < -0.4 is 10.2 Å². The van der Waals surface area contributed by atoms with Crippen molar-refractivity contribution in [3.63, 3.8) is 0 Å². The van der Waals surface area contributed by atoms with Crippen LogP contribution in [0.25, 0.3) is 11.0 Å². The minimum Gasteiger partial charge on any atom is -0.369 e. The molecule has 1 saturated heterocycles. The maximum Gasteiger partial charge on any atom is 0.256 e. The molecule has 7 heteroatoms. The van der Waals surface area contributed by atoms with E-state index >= 15 is 0 Å². The third-order valence-corrected chi connectivity index (χ3v) is 6.94. The van der Waals surface area contributed by atoms with Crippen LogP contribution in [0.15, 0.2) is 60.7 Å². The van der Waals surface area contributed by atoms with Crippen molar-refractivity contribution in [3.8, 4) is 0 Å². The van der Waals surface area contributed by atoms with E-state index < -0.39 is 0 Å².